The standard InChI is InChI=1S/C26H23N5O3/c1-33-24-14-18(12-13-23(24)34-20-10-6-3-7-11-20)15-27-30-26(32)21-16-28-31-17-22(29-25(21)31)19-8-4-2-5-9-19/h2-16,22,29H,17H2,1H3,(H,30,32)/b27-15+. The number of methoxy groups -OCH3 is 1. The van der Waals surface area contributed by atoms with Gasteiger partial charge in [-0.1, -0.05) is 48.5 Å². The van der Waals surface area contributed by atoms with Gasteiger partial charge in [0.25, 0.3) is 5.91 Å². The Hall–Kier alpha value is -4.59. The van der Waals surface area contributed by atoms with Crippen LogP contribution in [-0.2, 0) is 6.54 Å². The van der Waals surface area contributed by atoms with Crippen LogP contribution in [0.5, 0.6) is 17.2 Å². The maximum absolute atomic E-state index is 12.7. The fourth-order valence-corrected chi connectivity index (χ4v) is 3.79. The van der Waals surface area contributed by atoms with Crippen molar-refractivity contribution in [2.24, 2.45) is 5.10 Å². The number of nitrogens with one attached hydrogen (secondary N) is 2. The second kappa shape index (κ2) is 9.50. The molecule has 2 N–H and O–H groups in total. The monoisotopic (exact) mass is 453 g/mol. The molecule has 1 atom stereocenters. The van der Waals surface area contributed by atoms with E-state index < -0.39 is 0 Å². The van der Waals surface area contributed by atoms with E-state index in [1.54, 1.807) is 36.3 Å². The number of para-hydroxylation sites is 1. The first-order valence-electron chi connectivity index (χ1n) is 10.8. The van der Waals surface area contributed by atoms with Gasteiger partial charge in [-0.25, -0.2) is 10.1 Å². The third-order valence-corrected chi connectivity index (χ3v) is 5.49. The van der Waals surface area contributed by atoms with Crippen molar-refractivity contribution in [3.63, 3.8) is 0 Å². The molecule has 2 heterocycles. The highest BCUT2D eigenvalue weighted by Gasteiger charge is 2.27. The fraction of sp³-hybridized carbons (Fsp3) is 0.115. The summed E-state index contributed by atoms with van der Waals surface area (Å²) < 4.78 is 13.1. The summed E-state index contributed by atoms with van der Waals surface area (Å²) in [5, 5.41) is 11.8. The number of fused-ring (bicyclic) bond motifs is 1. The molecule has 1 aromatic heterocycles. The lowest BCUT2D eigenvalue weighted by Crippen LogP contribution is -2.18. The summed E-state index contributed by atoms with van der Waals surface area (Å²) in [4.78, 5) is 12.7. The van der Waals surface area contributed by atoms with E-state index in [-0.39, 0.29) is 11.9 Å². The van der Waals surface area contributed by atoms with Gasteiger partial charge in [0, 0.05) is 0 Å². The van der Waals surface area contributed by atoms with E-state index in [4.69, 9.17) is 9.47 Å². The van der Waals surface area contributed by atoms with Gasteiger partial charge in [0.05, 0.1) is 32.1 Å². The number of ether oxygens (including phenoxy) is 2. The van der Waals surface area contributed by atoms with Crippen LogP contribution in [0.2, 0.25) is 0 Å². The average molecular weight is 454 g/mol. The summed E-state index contributed by atoms with van der Waals surface area (Å²) in [6, 6.07) is 25.0. The number of nitrogens with zero attached hydrogens (tertiary/aromatic N) is 3. The minimum absolute atomic E-state index is 0.0732. The molecular weight excluding hydrogens is 430 g/mol. The van der Waals surface area contributed by atoms with Crippen molar-refractivity contribution in [1.29, 1.82) is 0 Å². The normalized spacial score (nSPS) is 14.4. The molecule has 0 aliphatic carbocycles. The van der Waals surface area contributed by atoms with Crippen molar-refractivity contribution in [3.8, 4) is 17.2 Å². The largest absolute Gasteiger partial charge is 0.493 e. The van der Waals surface area contributed by atoms with Gasteiger partial charge < -0.3 is 14.8 Å². The molecule has 170 valence electrons. The summed E-state index contributed by atoms with van der Waals surface area (Å²) in [5.41, 5.74) is 4.91. The Labute approximate surface area is 196 Å². The lowest BCUT2D eigenvalue weighted by atomic mass is 10.1. The van der Waals surface area contributed by atoms with Gasteiger partial charge in [-0.05, 0) is 41.5 Å². The second-order valence-corrected chi connectivity index (χ2v) is 7.72. The van der Waals surface area contributed by atoms with Gasteiger partial charge in [-0.2, -0.15) is 10.2 Å². The van der Waals surface area contributed by atoms with Crippen LogP contribution in [-0.4, -0.2) is 29.0 Å². The fourth-order valence-electron chi connectivity index (χ4n) is 3.79. The van der Waals surface area contributed by atoms with Crippen LogP contribution in [0.1, 0.15) is 27.5 Å². The molecule has 1 amide bonds. The third-order valence-electron chi connectivity index (χ3n) is 5.49. The Balaban J connectivity index is 1.24. The van der Waals surface area contributed by atoms with Crippen molar-refractivity contribution < 1.29 is 14.3 Å². The molecular formula is C26H23N5O3. The minimum atomic E-state index is -0.338. The molecule has 8 nitrogen and oxygen atoms in total. The molecule has 0 radical (unpaired) electrons. The zero-order valence-electron chi connectivity index (χ0n) is 18.5. The molecule has 0 spiro atoms. The average Bonchev–Trinajstić information content (AvgIpc) is 3.47. The van der Waals surface area contributed by atoms with Gasteiger partial charge in [-0.15, -0.1) is 0 Å². The summed E-state index contributed by atoms with van der Waals surface area (Å²) in [6.07, 6.45) is 3.10. The number of anilines is 1. The van der Waals surface area contributed by atoms with Gasteiger partial charge in [0.2, 0.25) is 0 Å². The Morgan fingerprint density at radius 3 is 2.62 bits per heavy atom. The molecule has 1 unspecified atom stereocenters. The van der Waals surface area contributed by atoms with Crippen LogP contribution in [0.15, 0.2) is 90.2 Å². The van der Waals surface area contributed by atoms with Crippen LogP contribution in [0.4, 0.5) is 5.82 Å². The molecule has 1 aliphatic heterocycles. The number of aromatic nitrogens is 2. The van der Waals surface area contributed by atoms with Crippen LogP contribution in [0.25, 0.3) is 0 Å². The minimum Gasteiger partial charge on any atom is -0.493 e. The second-order valence-electron chi connectivity index (χ2n) is 7.72. The van der Waals surface area contributed by atoms with Crippen LogP contribution in [0.3, 0.4) is 0 Å². The molecule has 4 aromatic rings. The van der Waals surface area contributed by atoms with Crippen LogP contribution >= 0.6 is 0 Å². The van der Waals surface area contributed by atoms with E-state index in [0.29, 0.717) is 35.2 Å². The molecule has 0 fully saturated rings. The van der Waals surface area contributed by atoms with E-state index in [9.17, 15) is 4.79 Å². The molecule has 0 saturated heterocycles. The predicted molar refractivity (Wildman–Crippen MR) is 130 cm³/mol. The Bertz CT molecular complexity index is 1320. The van der Waals surface area contributed by atoms with E-state index in [2.05, 4.69) is 33.1 Å². The van der Waals surface area contributed by atoms with E-state index >= 15 is 0 Å². The number of hydrogen-bond acceptors (Lipinski definition) is 6. The first-order chi connectivity index (χ1) is 16.7. The van der Waals surface area contributed by atoms with Crippen LogP contribution < -0.4 is 20.2 Å². The predicted octanol–water partition coefficient (Wildman–Crippen LogP) is 4.61. The topological polar surface area (TPSA) is 89.8 Å². The molecule has 34 heavy (non-hydrogen) atoms. The van der Waals surface area contributed by atoms with Gasteiger partial charge in [-0.3, -0.25) is 4.79 Å². The van der Waals surface area contributed by atoms with E-state index in [0.717, 1.165) is 11.1 Å². The van der Waals surface area contributed by atoms with E-state index in [1.165, 1.54) is 0 Å². The summed E-state index contributed by atoms with van der Waals surface area (Å²) in [5.74, 6) is 2.21. The number of amides is 1. The highest BCUT2D eigenvalue weighted by Crippen LogP contribution is 2.32. The summed E-state index contributed by atoms with van der Waals surface area (Å²) in [7, 11) is 1.58. The van der Waals surface area contributed by atoms with Gasteiger partial charge >= 0.3 is 0 Å². The van der Waals surface area contributed by atoms with Crippen molar-refractivity contribution in [3.05, 3.63) is 102 Å². The lowest BCUT2D eigenvalue weighted by molar-refractivity contribution is 0.0956. The summed E-state index contributed by atoms with van der Waals surface area (Å²) >= 11 is 0. The Morgan fingerprint density at radius 1 is 1.09 bits per heavy atom. The smallest absolute Gasteiger partial charge is 0.276 e. The first-order valence-corrected chi connectivity index (χ1v) is 10.8. The van der Waals surface area contributed by atoms with Gasteiger partial charge in [0.15, 0.2) is 11.5 Å². The molecule has 3 aromatic carbocycles. The van der Waals surface area contributed by atoms with Crippen molar-refractivity contribution >= 4 is 17.9 Å². The zero-order valence-corrected chi connectivity index (χ0v) is 18.5. The Morgan fingerprint density at radius 2 is 1.85 bits per heavy atom. The SMILES string of the molecule is COc1cc(/C=N/NC(=O)c2cnn3c2NC(c2ccccc2)C3)ccc1Oc1ccccc1. The number of hydrogen-bond donors (Lipinski definition) is 2. The highest BCUT2D eigenvalue weighted by molar-refractivity contribution is 5.99. The maximum atomic E-state index is 12.7. The number of benzene rings is 3. The number of hydrazone groups is 1. The number of rotatable bonds is 7. The molecule has 5 rings (SSSR count). The molecule has 0 bridgehead atoms. The van der Waals surface area contributed by atoms with Crippen molar-refractivity contribution in [1.82, 2.24) is 15.2 Å². The molecule has 0 saturated carbocycles. The van der Waals surface area contributed by atoms with Crippen LogP contribution in [0, 0.1) is 0 Å². The first kappa shape index (κ1) is 21.3. The Kier molecular flexibility index (Phi) is 5.94. The van der Waals surface area contributed by atoms with Gasteiger partial charge in [0.1, 0.15) is 17.1 Å². The van der Waals surface area contributed by atoms with Crippen molar-refractivity contribution in [2.75, 3.05) is 12.4 Å². The maximum Gasteiger partial charge on any atom is 0.276 e. The lowest BCUT2D eigenvalue weighted by Gasteiger charge is -2.11. The quantitative estimate of drug-likeness (QED) is 0.315. The zero-order chi connectivity index (χ0) is 23.3. The number of carbonyl (C=O) groups excluding carboxylic acids is 1. The highest BCUT2D eigenvalue weighted by atomic mass is 16.5. The molecule has 8 heteroatoms. The van der Waals surface area contributed by atoms with E-state index in [1.807, 2.05) is 54.6 Å². The third kappa shape index (κ3) is 4.47. The number of carbonyl (C=O) groups is 1. The molecule has 1 aliphatic rings. The van der Waals surface area contributed by atoms with Crippen molar-refractivity contribution in [2.45, 2.75) is 12.6 Å². The summed E-state index contributed by atoms with van der Waals surface area (Å²) in [6.45, 7) is 0.660.